The molecule has 2 fully saturated rings. The Labute approximate surface area is 101 Å². The predicted octanol–water partition coefficient (Wildman–Crippen LogP) is 2.77. The van der Waals surface area contributed by atoms with E-state index in [-0.39, 0.29) is 0 Å². The average Bonchev–Trinajstić information content (AvgIpc) is 2.85. The first-order chi connectivity index (χ1) is 7.83. The maximum Gasteiger partial charge on any atom is 0.0246 e. The van der Waals surface area contributed by atoms with E-state index in [2.05, 4.69) is 11.9 Å². The van der Waals surface area contributed by atoms with Crippen LogP contribution in [-0.4, -0.2) is 30.6 Å². The van der Waals surface area contributed by atoms with Crippen molar-refractivity contribution in [3.63, 3.8) is 0 Å². The van der Waals surface area contributed by atoms with E-state index in [1.165, 1.54) is 57.8 Å². The largest absolute Gasteiger partial charge is 0.329 e. The van der Waals surface area contributed by atoms with E-state index in [4.69, 9.17) is 5.73 Å². The molecule has 94 valence electrons. The smallest absolute Gasteiger partial charge is 0.0246 e. The summed E-state index contributed by atoms with van der Waals surface area (Å²) in [7, 11) is 2.32. The second kappa shape index (κ2) is 6.02. The van der Waals surface area contributed by atoms with E-state index in [1.807, 2.05) is 0 Å². The first-order valence-corrected chi connectivity index (χ1v) is 7.25. The summed E-state index contributed by atoms with van der Waals surface area (Å²) in [4.78, 5) is 2.63. The molecule has 1 atom stereocenters. The Balaban J connectivity index is 1.91. The molecule has 2 heteroatoms. The highest BCUT2D eigenvalue weighted by atomic mass is 15.2. The van der Waals surface area contributed by atoms with Crippen LogP contribution in [0.3, 0.4) is 0 Å². The van der Waals surface area contributed by atoms with Crippen LogP contribution in [-0.2, 0) is 0 Å². The van der Waals surface area contributed by atoms with Gasteiger partial charge in [-0.3, -0.25) is 4.90 Å². The van der Waals surface area contributed by atoms with E-state index in [0.29, 0.717) is 6.04 Å². The van der Waals surface area contributed by atoms with Crippen molar-refractivity contribution >= 4 is 0 Å². The van der Waals surface area contributed by atoms with Gasteiger partial charge in [-0.1, -0.05) is 32.1 Å². The molecule has 0 spiro atoms. The lowest BCUT2D eigenvalue weighted by atomic mass is 9.83. The lowest BCUT2D eigenvalue weighted by Crippen LogP contribution is -2.48. The van der Waals surface area contributed by atoms with Gasteiger partial charge in [0.15, 0.2) is 0 Å². The number of hydrogen-bond donors (Lipinski definition) is 1. The van der Waals surface area contributed by atoms with Crippen LogP contribution >= 0.6 is 0 Å². The first kappa shape index (κ1) is 12.4. The van der Waals surface area contributed by atoms with Gasteiger partial charge in [0.2, 0.25) is 0 Å². The third kappa shape index (κ3) is 2.78. The van der Waals surface area contributed by atoms with Crippen LogP contribution in [0.5, 0.6) is 0 Å². The summed E-state index contributed by atoms with van der Waals surface area (Å²) in [5.74, 6) is 0.879. The van der Waals surface area contributed by atoms with Crippen molar-refractivity contribution in [2.75, 3.05) is 13.6 Å². The Bertz CT molecular complexity index is 193. The van der Waals surface area contributed by atoms with Gasteiger partial charge in [0, 0.05) is 18.6 Å². The molecule has 2 saturated carbocycles. The quantitative estimate of drug-likeness (QED) is 0.795. The summed E-state index contributed by atoms with van der Waals surface area (Å²) in [6.45, 7) is 0.859. The standard InChI is InChI=1S/C14H28N2/c1-16(13-9-5-6-10-13)14(11-15)12-7-3-2-4-8-12/h12-14H,2-11,15H2,1H3. The van der Waals surface area contributed by atoms with Gasteiger partial charge in [-0.2, -0.15) is 0 Å². The van der Waals surface area contributed by atoms with E-state index < -0.39 is 0 Å². The third-order valence-electron chi connectivity index (χ3n) is 4.86. The molecule has 0 aromatic heterocycles. The molecule has 2 aliphatic carbocycles. The second-order valence-electron chi connectivity index (χ2n) is 5.80. The van der Waals surface area contributed by atoms with Crippen LogP contribution in [0.15, 0.2) is 0 Å². The summed E-state index contributed by atoms with van der Waals surface area (Å²) in [6, 6.07) is 1.49. The molecule has 0 aromatic rings. The Hall–Kier alpha value is -0.0800. The zero-order valence-electron chi connectivity index (χ0n) is 10.8. The average molecular weight is 224 g/mol. The fraction of sp³-hybridized carbons (Fsp3) is 1.00. The molecule has 0 bridgehead atoms. The molecule has 2 N–H and O–H groups in total. The number of likely N-dealkylation sites (N-methyl/N-ethyl adjacent to an activating group) is 1. The van der Waals surface area contributed by atoms with E-state index in [0.717, 1.165) is 18.5 Å². The van der Waals surface area contributed by atoms with Gasteiger partial charge in [-0.05, 0) is 38.6 Å². The Morgan fingerprint density at radius 2 is 1.56 bits per heavy atom. The normalized spacial score (nSPS) is 26.4. The van der Waals surface area contributed by atoms with E-state index >= 15 is 0 Å². The third-order valence-corrected chi connectivity index (χ3v) is 4.86. The van der Waals surface area contributed by atoms with Crippen LogP contribution < -0.4 is 5.73 Å². The molecule has 0 aromatic carbocycles. The number of rotatable bonds is 4. The van der Waals surface area contributed by atoms with E-state index in [9.17, 15) is 0 Å². The first-order valence-electron chi connectivity index (χ1n) is 7.25. The fourth-order valence-electron chi connectivity index (χ4n) is 3.79. The van der Waals surface area contributed by atoms with Gasteiger partial charge in [-0.15, -0.1) is 0 Å². The highest BCUT2D eigenvalue weighted by Gasteiger charge is 2.30. The van der Waals surface area contributed by atoms with Crippen molar-refractivity contribution in [1.82, 2.24) is 4.90 Å². The molecule has 0 heterocycles. The Morgan fingerprint density at radius 1 is 1.00 bits per heavy atom. The minimum atomic E-state index is 0.656. The molecule has 16 heavy (non-hydrogen) atoms. The monoisotopic (exact) mass is 224 g/mol. The van der Waals surface area contributed by atoms with Crippen LogP contribution in [0.2, 0.25) is 0 Å². The maximum atomic E-state index is 6.03. The molecular formula is C14H28N2. The van der Waals surface area contributed by atoms with Gasteiger partial charge >= 0.3 is 0 Å². The zero-order valence-corrected chi connectivity index (χ0v) is 10.8. The van der Waals surface area contributed by atoms with Gasteiger partial charge in [0.1, 0.15) is 0 Å². The summed E-state index contributed by atoms with van der Waals surface area (Å²) in [6.07, 6.45) is 12.8. The molecule has 1 unspecified atom stereocenters. The van der Waals surface area contributed by atoms with Crippen LogP contribution in [0, 0.1) is 5.92 Å². The minimum Gasteiger partial charge on any atom is -0.329 e. The predicted molar refractivity (Wildman–Crippen MR) is 69.4 cm³/mol. The summed E-state index contributed by atoms with van der Waals surface area (Å²) < 4.78 is 0. The Kier molecular flexibility index (Phi) is 4.66. The van der Waals surface area contributed by atoms with Crippen molar-refractivity contribution in [3.8, 4) is 0 Å². The number of nitrogens with two attached hydrogens (primary N) is 1. The summed E-state index contributed by atoms with van der Waals surface area (Å²) >= 11 is 0. The van der Waals surface area contributed by atoms with Crippen LogP contribution in [0.4, 0.5) is 0 Å². The van der Waals surface area contributed by atoms with Crippen molar-refractivity contribution in [2.24, 2.45) is 11.7 Å². The molecule has 0 saturated heterocycles. The zero-order chi connectivity index (χ0) is 11.4. The van der Waals surface area contributed by atoms with Crippen molar-refractivity contribution in [2.45, 2.75) is 69.9 Å². The molecule has 2 rings (SSSR count). The van der Waals surface area contributed by atoms with Crippen LogP contribution in [0.25, 0.3) is 0 Å². The van der Waals surface area contributed by atoms with Gasteiger partial charge in [-0.25, -0.2) is 0 Å². The summed E-state index contributed by atoms with van der Waals surface area (Å²) in [5.41, 5.74) is 6.03. The maximum absolute atomic E-state index is 6.03. The van der Waals surface area contributed by atoms with Crippen molar-refractivity contribution < 1.29 is 0 Å². The summed E-state index contributed by atoms with van der Waals surface area (Å²) in [5, 5.41) is 0. The van der Waals surface area contributed by atoms with Crippen molar-refractivity contribution in [1.29, 1.82) is 0 Å². The topological polar surface area (TPSA) is 29.3 Å². The molecule has 2 aliphatic rings. The lowest BCUT2D eigenvalue weighted by molar-refractivity contribution is 0.108. The highest BCUT2D eigenvalue weighted by molar-refractivity contribution is 4.86. The SMILES string of the molecule is CN(C1CCCC1)C(CN)C1CCCCC1. The number of nitrogens with zero attached hydrogens (tertiary/aromatic N) is 1. The highest BCUT2D eigenvalue weighted by Crippen LogP contribution is 2.31. The molecule has 0 amide bonds. The lowest BCUT2D eigenvalue weighted by Gasteiger charge is -2.39. The van der Waals surface area contributed by atoms with Gasteiger partial charge in [0.25, 0.3) is 0 Å². The molecular weight excluding hydrogens is 196 g/mol. The van der Waals surface area contributed by atoms with Gasteiger partial charge in [0.05, 0.1) is 0 Å². The van der Waals surface area contributed by atoms with Crippen LogP contribution in [0.1, 0.15) is 57.8 Å². The fourth-order valence-corrected chi connectivity index (χ4v) is 3.79. The second-order valence-corrected chi connectivity index (χ2v) is 5.80. The van der Waals surface area contributed by atoms with Crippen molar-refractivity contribution in [3.05, 3.63) is 0 Å². The minimum absolute atomic E-state index is 0.656. The molecule has 0 aliphatic heterocycles. The van der Waals surface area contributed by atoms with E-state index in [1.54, 1.807) is 0 Å². The molecule has 2 nitrogen and oxygen atoms in total. The Morgan fingerprint density at radius 3 is 2.12 bits per heavy atom. The molecule has 0 radical (unpaired) electrons. The van der Waals surface area contributed by atoms with Gasteiger partial charge < -0.3 is 5.73 Å². The number of hydrogen-bond acceptors (Lipinski definition) is 2.